The van der Waals surface area contributed by atoms with Crippen LogP contribution >= 0.6 is 11.3 Å². The van der Waals surface area contributed by atoms with Crippen LogP contribution < -0.4 is 10.6 Å². The van der Waals surface area contributed by atoms with Crippen molar-refractivity contribution in [1.82, 2.24) is 0 Å². The van der Waals surface area contributed by atoms with Crippen LogP contribution in [0.4, 0.5) is 15.8 Å². The number of hydrogen-bond acceptors (Lipinski definition) is 3. The molecule has 0 spiro atoms. The maximum absolute atomic E-state index is 12.6. The number of thiophene rings is 1. The molecule has 5 heteroatoms. The van der Waals surface area contributed by atoms with Gasteiger partial charge in [-0.3, -0.25) is 4.79 Å². The molecule has 0 radical (unpaired) electrons. The molecule has 0 atom stereocenters. The molecule has 1 amide bonds. The zero-order valence-electron chi connectivity index (χ0n) is 8.94. The number of rotatable bonds is 4. The highest BCUT2D eigenvalue weighted by Crippen LogP contribution is 2.11. The van der Waals surface area contributed by atoms with Gasteiger partial charge < -0.3 is 10.6 Å². The van der Waals surface area contributed by atoms with E-state index < -0.39 is 0 Å². The van der Waals surface area contributed by atoms with Gasteiger partial charge in [-0.05, 0) is 35.7 Å². The monoisotopic (exact) mass is 250 g/mol. The van der Waals surface area contributed by atoms with Gasteiger partial charge in [-0.25, -0.2) is 4.39 Å². The Morgan fingerprint density at radius 1 is 1.18 bits per heavy atom. The molecule has 2 aromatic rings. The summed E-state index contributed by atoms with van der Waals surface area (Å²) in [6.07, 6.45) is 0. The zero-order chi connectivity index (χ0) is 12.1. The van der Waals surface area contributed by atoms with Crippen LogP contribution in [0.3, 0.4) is 0 Å². The van der Waals surface area contributed by atoms with E-state index in [0.29, 0.717) is 5.69 Å². The van der Waals surface area contributed by atoms with Crippen LogP contribution in [0.1, 0.15) is 0 Å². The van der Waals surface area contributed by atoms with Gasteiger partial charge in [0.25, 0.3) is 0 Å². The van der Waals surface area contributed by atoms with E-state index in [2.05, 4.69) is 10.6 Å². The van der Waals surface area contributed by atoms with Crippen molar-refractivity contribution in [3.63, 3.8) is 0 Å². The number of carbonyl (C=O) groups is 1. The molecule has 0 saturated carbocycles. The van der Waals surface area contributed by atoms with Gasteiger partial charge in [0, 0.05) is 16.8 Å². The number of hydrogen-bond donors (Lipinski definition) is 2. The molecule has 0 bridgehead atoms. The lowest BCUT2D eigenvalue weighted by atomic mass is 10.3. The van der Waals surface area contributed by atoms with Crippen LogP contribution in [-0.4, -0.2) is 12.5 Å². The fourth-order valence-corrected chi connectivity index (χ4v) is 1.90. The lowest BCUT2D eigenvalue weighted by Gasteiger charge is -2.06. The summed E-state index contributed by atoms with van der Waals surface area (Å²) >= 11 is 1.56. The zero-order valence-corrected chi connectivity index (χ0v) is 9.76. The van der Waals surface area contributed by atoms with Crippen LogP contribution in [0.15, 0.2) is 41.1 Å². The SMILES string of the molecule is O=C(CNc1ccsc1)Nc1ccc(F)cc1. The van der Waals surface area contributed by atoms with Crippen molar-refractivity contribution in [3.05, 3.63) is 46.9 Å². The summed E-state index contributed by atoms with van der Waals surface area (Å²) in [6, 6.07) is 7.56. The highest BCUT2D eigenvalue weighted by molar-refractivity contribution is 7.08. The molecule has 88 valence electrons. The largest absolute Gasteiger partial charge is 0.375 e. The van der Waals surface area contributed by atoms with Gasteiger partial charge in [-0.15, -0.1) is 0 Å². The van der Waals surface area contributed by atoms with Crippen molar-refractivity contribution in [2.75, 3.05) is 17.2 Å². The molecule has 0 saturated heterocycles. The van der Waals surface area contributed by atoms with Gasteiger partial charge in [-0.2, -0.15) is 11.3 Å². The number of benzene rings is 1. The first kappa shape index (κ1) is 11.6. The normalized spacial score (nSPS) is 9.94. The summed E-state index contributed by atoms with van der Waals surface area (Å²) in [5.74, 6) is -0.484. The average Bonchev–Trinajstić information content (AvgIpc) is 2.83. The smallest absolute Gasteiger partial charge is 0.243 e. The van der Waals surface area contributed by atoms with Crippen molar-refractivity contribution in [3.8, 4) is 0 Å². The predicted molar refractivity (Wildman–Crippen MR) is 67.8 cm³/mol. The number of nitrogens with one attached hydrogen (secondary N) is 2. The predicted octanol–water partition coefficient (Wildman–Crippen LogP) is 2.94. The topological polar surface area (TPSA) is 41.1 Å². The molecule has 1 aromatic carbocycles. The summed E-state index contributed by atoms with van der Waals surface area (Å²) in [5.41, 5.74) is 1.51. The number of anilines is 2. The maximum atomic E-state index is 12.6. The Morgan fingerprint density at radius 2 is 1.94 bits per heavy atom. The molecule has 2 N–H and O–H groups in total. The summed E-state index contributed by atoms with van der Waals surface area (Å²) in [5, 5.41) is 9.50. The van der Waals surface area contributed by atoms with E-state index in [-0.39, 0.29) is 18.3 Å². The van der Waals surface area contributed by atoms with E-state index in [9.17, 15) is 9.18 Å². The van der Waals surface area contributed by atoms with E-state index in [0.717, 1.165) is 5.69 Å². The van der Waals surface area contributed by atoms with Crippen molar-refractivity contribution in [2.45, 2.75) is 0 Å². The summed E-state index contributed by atoms with van der Waals surface area (Å²) in [4.78, 5) is 11.5. The first-order chi connectivity index (χ1) is 8.24. The van der Waals surface area contributed by atoms with E-state index in [4.69, 9.17) is 0 Å². The van der Waals surface area contributed by atoms with Gasteiger partial charge in [0.2, 0.25) is 5.91 Å². The lowest BCUT2D eigenvalue weighted by Crippen LogP contribution is -2.21. The molecular formula is C12H11FN2OS. The summed E-state index contributed by atoms with van der Waals surface area (Å²) in [7, 11) is 0. The van der Waals surface area contributed by atoms with Crippen molar-refractivity contribution in [1.29, 1.82) is 0 Å². The molecule has 0 aliphatic heterocycles. The Balaban J connectivity index is 1.83. The summed E-state index contributed by atoms with van der Waals surface area (Å²) < 4.78 is 12.6. The first-order valence-corrected chi connectivity index (χ1v) is 6.00. The quantitative estimate of drug-likeness (QED) is 0.876. The van der Waals surface area contributed by atoms with E-state index in [1.165, 1.54) is 24.3 Å². The summed E-state index contributed by atoms with van der Waals surface area (Å²) in [6.45, 7) is 0.189. The molecule has 0 aliphatic carbocycles. The number of amides is 1. The minimum atomic E-state index is -0.320. The molecule has 17 heavy (non-hydrogen) atoms. The molecule has 1 heterocycles. The number of halogens is 1. The third-order valence-corrected chi connectivity index (χ3v) is 2.79. The molecule has 2 rings (SSSR count). The third kappa shape index (κ3) is 3.57. The maximum Gasteiger partial charge on any atom is 0.243 e. The van der Waals surface area contributed by atoms with Crippen molar-refractivity contribution >= 4 is 28.6 Å². The first-order valence-electron chi connectivity index (χ1n) is 5.05. The Morgan fingerprint density at radius 3 is 2.59 bits per heavy atom. The second kappa shape index (κ2) is 5.45. The number of carbonyl (C=O) groups excluding carboxylic acids is 1. The van der Waals surface area contributed by atoms with E-state index >= 15 is 0 Å². The Hall–Kier alpha value is -1.88. The van der Waals surface area contributed by atoms with Gasteiger partial charge >= 0.3 is 0 Å². The van der Waals surface area contributed by atoms with Gasteiger partial charge in [-0.1, -0.05) is 0 Å². The Labute approximate surface area is 102 Å². The molecular weight excluding hydrogens is 239 g/mol. The second-order valence-corrected chi connectivity index (χ2v) is 4.20. The van der Waals surface area contributed by atoms with Gasteiger partial charge in [0.05, 0.1) is 6.54 Å². The molecule has 1 aromatic heterocycles. The molecule has 0 aliphatic rings. The minimum Gasteiger partial charge on any atom is -0.375 e. The highest BCUT2D eigenvalue weighted by atomic mass is 32.1. The molecule has 0 unspecified atom stereocenters. The lowest BCUT2D eigenvalue weighted by molar-refractivity contribution is -0.114. The standard InChI is InChI=1S/C12H11FN2OS/c13-9-1-3-10(4-2-9)15-12(16)7-14-11-5-6-17-8-11/h1-6,8,14H,7H2,(H,15,16). The molecule has 0 fully saturated rings. The Kier molecular flexibility index (Phi) is 3.72. The fourth-order valence-electron chi connectivity index (χ4n) is 1.29. The Bertz CT molecular complexity index is 482. The van der Waals surface area contributed by atoms with Crippen LogP contribution in [0.25, 0.3) is 0 Å². The molecule has 3 nitrogen and oxygen atoms in total. The average molecular weight is 250 g/mol. The minimum absolute atomic E-state index is 0.164. The van der Waals surface area contributed by atoms with Crippen molar-refractivity contribution in [2.24, 2.45) is 0 Å². The van der Waals surface area contributed by atoms with Crippen LogP contribution in [0, 0.1) is 5.82 Å². The van der Waals surface area contributed by atoms with Crippen molar-refractivity contribution < 1.29 is 9.18 Å². The van der Waals surface area contributed by atoms with Gasteiger partial charge in [0.1, 0.15) is 5.82 Å². The van der Waals surface area contributed by atoms with Crippen LogP contribution in [0.2, 0.25) is 0 Å². The van der Waals surface area contributed by atoms with Crippen LogP contribution in [0.5, 0.6) is 0 Å². The van der Waals surface area contributed by atoms with E-state index in [1.54, 1.807) is 11.3 Å². The second-order valence-electron chi connectivity index (χ2n) is 3.42. The van der Waals surface area contributed by atoms with Crippen LogP contribution in [-0.2, 0) is 4.79 Å². The van der Waals surface area contributed by atoms with Gasteiger partial charge in [0.15, 0.2) is 0 Å². The van der Waals surface area contributed by atoms with E-state index in [1.807, 2.05) is 16.8 Å². The fraction of sp³-hybridized carbons (Fsp3) is 0.0833. The highest BCUT2D eigenvalue weighted by Gasteiger charge is 2.02. The third-order valence-electron chi connectivity index (χ3n) is 2.10.